The molecule has 0 aliphatic rings. The van der Waals surface area contributed by atoms with E-state index in [1.165, 1.54) is 32.1 Å². The number of carbonyl (C=O) groups excluding carboxylic acids is 1. The number of nitrogens with one attached hydrogen (secondary N) is 1. The Hall–Kier alpha value is -0.550. The van der Waals surface area contributed by atoms with E-state index in [-0.39, 0.29) is 41.3 Å². The second-order valence-corrected chi connectivity index (χ2v) is 5.60. The van der Waals surface area contributed by atoms with Gasteiger partial charge in [0, 0.05) is 0 Å². The van der Waals surface area contributed by atoms with Gasteiger partial charge in [0.2, 0.25) is 0 Å². The third kappa shape index (κ3) is 9.36. The average molecular weight is 331 g/mol. The normalized spacial score (nSPS) is 11.6. The number of unbranched alkanes of at least 4 members (excludes halogenated alkanes) is 6. The minimum atomic E-state index is -0.481. The third-order valence-corrected chi connectivity index (χ3v) is 3.74. The summed E-state index contributed by atoms with van der Waals surface area (Å²) in [6, 6.07) is 6.12. The number of rotatable bonds is 11. The van der Waals surface area contributed by atoms with Crippen LogP contribution in [0, 0.1) is 0 Å². The van der Waals surface area contributed by atoms with Crippen LogP contribution in [0.3, 0.4) is 0 Å². The fourth-order valence-corrected chi connectivity index (χ4v) is 2.40. The Balaban J connectivity index is 0.00000484. The third-order valence-electron chi connectivity index (χ3n) is 3.74. The first kappa shape index (κ1) is 22.4. The summed E-state index contributed by atoms with van der Waals surface area (Å²) in [6.07, 6.45) is 8.40. The number of aromatic hydroxyl groups is 1. The number of esters is 1. The number of phenolic OH excluding ortho intramolecular Hbond substituents is 1. The van der Waals surface area contributed by atoms with Crippen molar-refractivity contribution in [3.05, 3.63) is 29.8 Å². The number of likely N-dealkylation sites (N-methyl/N-ethyl adjacent to an activating group) is 1. The van der Waals surface area contributed by atoms with Crippen molar-refractivity contribution in [3.63, 3.8) is 0 Å². The number of benzene rings is 1. The first-order valence-corrected chi connectivity index (χ1v) is 8.32. The van der Waals surface area contributed by atoms with E-state index in [1.807, 2.05) is 0 Å². The van der Waals surface area contributed by atoms with Gasteiger partial charge in [0.05, 0.1) is 6.61 Å². The molecular formula is C18H30NNaO3. The summed E-state index contributed by atoms with van der Waals surface area (Å²) in [5, 5.41) is 12.2. The molecule has 0 radical (unpaired) electrons. The maximum atomic E-state index is 12.1. The van der Waals surface area contributed by atoms with E-state index in [0.29, 0.717) is 6.61 Å². The van der Waals surface area contributed by atoms with Gasteiger partial charge in [-0.15, -0.1) is 0 Å². The van der Waals surface area contributed by atoms with Gasteiger partial charge in [-0.2, -0.15) is 0 Å². The zero-order chi connectivity index (χ0) is 16.2. The van der Waals surface area contributed by atoms with Crippen LogP contribution in [-0.4, -0.2) is 54.3 Å². The van der Waals surface area contributed by atoms with E-state index in [0.717, 1.165) is 18.4 Å². The molecule has 0 heterocycles. The maximum absolute atomic E-state index is 12.1. The first-order valence-electron chi connectivity index (χ1n) is 8.32. The molecule has 0 spiro atoms. The molecule has 2 N–H and O–H groups in total. The molecule has 4 nitrogen and oxygen atoms in total. The van der Waals surface area contributed by atoms with Crippen LogP contribution >= 0.6 is 0 Å². The van der Waals surface area contributed by atoms with E-state index in [4.69, 9.17) is 4.74 Å². The van der Waals surface area contributed by atoms with Gasteiger partial charge in [-0.25, -0.2) is 4.79 Å². The molecular weight excluding hydrogens is 301 g/mol. The summed E-state index contributed by atoms with van der Waals surface area (Å²) in [5.74, 6) is -0.0748. The number of hydrogen-bond donors (Lipinski definition) is 2. The van der Waals surface area contributed by atoms with Crippen molar-refractivity contribution in [1.29, 1.82) is 0 Å². The Bertz CT molecular complexity index is 423. The molecule has 1 atom stereocenters. The van der Waals surface area contributed by atoms with Gasteiger partial charge in [0.1, 0.15) is 11.8 Å². The van der Waals surface area contributed by atoms with E-state index in [1.54, 1.807) is 31.3 Å². The topological polar surface area (TPSA) is 58.6 Å². The van der Waals surface area contributed by atoms with Gasteiger partial charge < -0.3 is 15.2 Å². The minimum absolute atomic E-state index is 0. The Morgan fingerprint density at radius 3 is 2.22 bits per heavy atom. The molecule has 1 rings (SSSR count). The molecule has 1 aromatic rings. The number of hydrogen-bond acceptors (Lipinski definition) is 4. The van der Waals surface area contributed by atoms with E-state index < -0.39 is 6.04 Å². The zero-order valence-corrected chi connectivity index (χ0v) is 13.8. The molecule has 0 aliphatic heterocycles. The van der Waals surface area contributed by atoms with Crippen molar-refractivity contribution in [2.75, 3.05) is 13.7 Å². The van der Waals surface area contributed by atoms with Gasteiger partial charge in [-0.1, -0.05) is 57.6 Å². The van der Waals surface area contributed by atoms with E-state index in [9.17, 15) is 9.90 Å². The van der Waals surface area contributed by atoms with Gasteiger partial charge in [-0.3, -0.25) is 0 Å². The molecule has 0 amide bonds. The fraction of sp³-hybridized carbons (Fsp3) is 0.611. The van der Waals surface area contributed by atoms with E-state index >= 15 is 0 Å². The second kappa shape index (κ2) is 13.8. The number of carbonyl (C=O) groups is 1. The van der Waals surface area contributed by atoms with Crippen LogP contribution in [0.25, 0.3) is 0 Å². The molecule has 0 fully saturated rings. The Morgan fingerprint density at radius 1 is 1.09 bits per heavy atom. The standard InChI is InChI=1S/C18H29NO3.Na.H/c1-3-4-5-6-7-8-9-14-22-18(21)17(19-2)15-10-12-16(20)13-11-15;;/h10-13,17,19-20H,3-9,14H2,1-2H3;;. The summed E-state index contributed by atoms with van der Waals surface area (Å²) >= 11 is 0. The van der Waals surface area contributed by atoms with Gasteiger partial charge in [0.25, 0.3) is 0 Å². The van der Waals surface area contributed by atoms with Crippen LogP contribution in [0.4, 0.5) is 0 Å². The Morgan fingerprint density at radius 2 is 1.65 bits per heavy atom. The quantitative estimate of drug-likeness (QED) is 0.371. The molecule has 1 aromatic carbocycles. The van der Waals surface area contributed by atoms with Crippen molar-refractivity contribution in [2.45, 2.75) is 57.9 Å². The van der Waals surface area contributed by atoms with Crippen molar-refractivity contribution >= 4 is 35.5 Å². The van der Waals surface area contributed by atoms with Crippen LogP contribution in [0.1, 0.15) is 63.5 Å². The second-order valence-electron chi connectivity index (χ2n) is 5.60. The van der Waals surface area contributed by atoms with Crippen molar-refractivity contribution in [3.8, 4) is 5.75 Å². The van der Waals surface area contributed by atoms with Crippen LogP contribution in [0.5, 0.6) is 5.75 Å². The summed E-state index contributed by atoms with van der Waals surface area (Å²) < 4.78 is 5.34. The summed E-state index contributed by atoms with van der Waals surface area (Å²) in [4.78, 5) is 12.1. The molecule has 126 valence electrons. The molecule has 1 unspecified atom stereocenters. The molecule has 0 aromatic heterocycles. The molecule has 0 saturated carbocycles. The molecule has 0 aliphatic carbocycles. The van der Waals surface area contributed by atoms with Crippen LogP contribution in [0.15, 0.2) is 24.3 Å². The van der Waals surface area contributed by atoms with Crippen molar-refractivity contribution in [2.24, 2.45) is 0 Å². The fourth-order valence-electron chi connectivity index (χ4n) is 2.40. The number of phenols is 1. The first-order chi connectivity index (χ1) is 10.7. The van der Waals surface area contributed by atoms with Crippen molar-refractivity contribution in [1.82, 2.24) is 5.32 Å². The molecule has 5 heteroatoms. The molecule has 0 saturated heterocycles. The SMILES string of the molecule is CCCCCCCCCOC(=O)C(NC)c1ccc(O)cc1.[NaH]. The summed E-state index contributed by atoms with van der Waals surface area (Å²) in [7, 11) is 1.73. The summed E-state index contributed by atoms with van der Waals surface area (Å²) in [6.45, 7) is 2.69. The predicted molar refractivity (Wildman–Crippen MR) is 96.0 cm³/mol. The van der Waals surface area contributed by atoms with Crippen LogP contribution < -0.4 is 5.32 Å². The molecule has 23 heavy (non-hydrogen) atoms. The van der Waals surface area contributed by atoms with Crippen molar-refractivity contribution < 1.29 is 14.6 Å². The molecule has 0 bridgehead atoms. The van der Waals surface area contributed by atoms with Crippen LogP contribution in [-0.2, 0) is 9.53 Å². The van der Waals surface area contributed by atoms with E-state index in [2.05, 4.69) is 12.2 Å². The van der Waals surface area contributed by atoms with Gasteiger partial charge >= 0.3 is 35.5 Å². The van der Waals surface area contributed by atoms with Gasteiger partial charge in [-0.05, 0) is 31.2 Å². The Kier molecular flexibility index (Phi) is 13.5. The monoisotopic (exact) mass is 331 g/mol. The Labute approximate surface area is 162 Å². The number of ether oxygens (including phenoxy) is 1. The van der Waals surface area contributed by atoms with Gasteiger partial charge in [0.15, 0.2) is 0 Å². The summed E-state index contributed by atoms with van der Waals surface area (Å²) in [5.41, 5.74) is 0.796. The zero-order valence-electron chi connectivity index (χ0n) is 13.8. The average Bonchev–Trinajstić information content (AvgIpc) is 2.52. The van der Waals surface area contributed by atoms with Crippen LogP contribution in [0.2, 0.25) is 0 Å². The predicted octanol–water partition coefficient (Wildman–Crippen LogP) is 3.30.